The number of anilines is 2. The van der Waals surface area contributed by atoms with Crippen molar-refractivity contribution in [3.05, 3.63) is 59.7 Å². The Morgan fingerprint density at radius 3 is 2.00 bits per heavy atom. The SMILES string of the molecule is CCCN(CCC)C(=O)c1cccc(C(=O)Nc2cccc(NC(C)=O)c2)c1. The molecule has 0 saturated heterocycles. The third kappa shape index (κ3) is 5.94. The Balaban J connectivity index is 2.15. The lowest BCUT2D eigenvalue weighted by molar-refractivity contribution is -0.114. The highest BCUT2D eigenvalue weighted by molar-refractivity contribution is 6.06. The summed E-state index contributed by atoms with van der Waals surface area (Å²) >= 11 is 0. The van der Waals surface area contributed by atoms with Gasteiger partial charge in [0, 0.05) is 42.5 Å². The van der Waals surface area contributed by atoms with Crippen molar-refractivity contribution >= 4 is 29.1 Å². The van der Waals surface area contributed by atoms with Gasteiger partial charge in [0.1, 0.15) is 0 Å². The van der Waals surface area contributed by atoms with E-state index < -0.39 is 0 Å². The summed E-state index contributed by atoms with van der Waals surface area (Å²) in [6.45, 7) is 6.88. The largest absolute Gasteiger partial charge is 0.339 e. The summed E-state index contributed by atoms with van der Waals surface area (Å²) in [5, 5.41) is 5.48. The van der Waals surface area contributed by atoms with Gasteiger partial charge in [0.2, 0.25) is 5.91 Å². The van der Waals surface area contributed by atoms with Crippen LogP contribution in [-0.2, 0) is 4.79 Å². The molecule has 2 rings (SSSR count). The molecule has 0 saturated carbocycles. The highest BCUT2D eigenvalue weighted by atomic mass is 16.2. The van der Waals surface area contributed by atoms with Gasteiger partial charge >= 0.3 is 0 Å². The second-order valence-corrected chi connectivity index (χ2v) is 6.59. The van der Waals surface area contributed by atoms with Crippen molar-refractivity contribution in [2.24, 2.45) is 0 Å². The summed E-state index contributed by atoms with van der Waals surface area (Å²) in [7, 11) is 0. The third-order valence-corrected chi connectivity index (χ3v) is 4.09. The molecule has 0 atom stereocenters. The van der Waals surface area contributed by atoms with Gasteiger partial charge in [0.15, 0.2) is 0 Å². The molecule has 0 heterocycles. The van der Waals surface area contributed by atoms with E-state index >= 15 is 0 Å². The predicted molar refractivity (Wildman–Crippen MR) is 112 cm³/mol. The van der Waals surface area contributed by atoms with E-state index in [0.717, 1.165) is 12.8 Å². The number of hydrogen-bond acceptors (Lipinski definition) is 3. The fourth-order valence-electron chi connectivity index (χ4n) is 2.91. The van der Waals surface area contributed by atoms with Crippen molar-refractivity contribution < 1.29 is 14.4 Å². The van der Waals surface area contributed by atoms with Crippen molar-refractivity contribution in [2.45, 2.75) is 33.6 Å². The van der Waals surface area contributed by atoms with Crippen LogP contribution in [0.25, 0.3) is 0 Å². The summed E-state index contributed by atoms with van der Waals surface area (Å²) in [6.07, 6.45) is 1.77. The summed E-state index contributed by atoms with van der Waals surface area (Å²) in [6, 6.07) is 13.6. The Labute approximate surface area is 165 Å². The predicted octanol–water partition coefficient (Wildman–Crippen LogP) is 4.16. The van der Waals surface area contributed by atoms with Crippen LogP contribution in [0.1, 0.15) is 54.3 Å². The summed E-state index contributed by atoms with van der Waals surface area (Å²) in [5.74, 6) is -0.559. The van der Waals surface area contributed by atoms with Crippen molar-refractivity contribution in [1.82, 2.24) is 4.90 Å². The van der Waals surface area contributed by atoms with E-state index in [1.165, 1.54) is 6.92 Å². The number of nitrogens with one attached hydrogen (secondary N) is 2. The van der Waals surface area contributed by atoms with Gasteiger partial charge in [0.25, 0.3) is 11.8 Å². The molecule has 2 aromatic rings. The summed E-state index contributed by atoms with van der Waals surface area (Å²) < 4.78 is 0. The molecule has 0 unspecified atom stereocenters. The average Bonchev–Trinajstić information content (AvgIpc) is 2.67. The van der Waals surface area contributed by atoms with Crippen molar-refractivity contribution in [1.29, 1.82) is 0 Å². The zero-order valence-corrected chi connectivity index (χ0v) is 16.6. The maximum Gasteiger partial charge on any atom is 0.255 e. The normalized spacial score (nSPS) is 10.2. The minimum atomic E-state index is -0.313. The zero-order chi connectivity index (χ0) is 20.5. The number of rotatable bonds is 8. The van der Waals surface area contributed by atoms with E-state index in [1.807, 2.05) is 18.7 Å². The molecule has 148 valence electrons. The van der Waals surface area contributed by atoms with Crippen LogP contribution >= 0.6 is 0 Å². The molecule has 2 aromatic carbocycles. The first-order chi connectivity index (χ1) is 13.4. The van der Waals surface area contributed by atoms with Crippen molar-refractivity contribution in [3.63, 3.8) is 0 Å². The Morgan fingerprint density at radius 2 is 1.39 bits per heavy atom. The van der Waals surface area contributed by atoms with Crippen LogP contribution in [-0.4, -0.2) is 35.7 Å². The molecule has 0 aliphatic carbocycles. The Bertz CT molecular complexity index is 842. The second-order valence-electron chi connectivity index (χ2n) is 6.59. The molecule has 6 heteroatoms. The molecule has 0 aliphatic rings. The smallest absolute Gasteiger partial charge is 0.255 e. The molecule has 0 aliphatic heterocycles. The van der Waals surface area contributed by atoms with Gasteiger partial charge in [-0.3, -0.25) is 14.4 Å². The van der Waals surface area contributed by atoms with E-state index in [0.29, 0.717) is 35.6 Å². The molecule has 0 radical (unpaired) electrons. The van der Waals surface area contributed by atoms with Gasteiger partial charge in [-0.1, -0.05) is 26.0 Å². The molecule has 3 amide bonds. The molecule has 28 heavy (non-hydrogen) atoms. The fourth-order valence-corrected chi connectivity index (χ4v) is 2.91. The average molecular weight is 381 g/mol. The van der Waals surface area contributed by atoms with Crippen LogP contribution in [0.3, 0.4) is 0 Å². The van der Waals surface area contributed by atoms with Crippen LogP contribution < -0.4 is 10.6 Å². The maximum atomic E-state index is 12.8. The van der Waals surface area contributed by atoms with Crippen LogP contribution in [0.15, 0.2) is 48.5 Å². The summed E-state index contributed by atoms with van der Waals surface area (Å²) in [4.78, 5) is 38.4. The van der Waals surface area contributed by atoms with Gasteiger partial charge in [-0.05, 0) is 49.2 Å². The lowest BCUT2D eigenvalue weighted by Crippen LogP contribution is -2.32. The Morgan fingerprint density at radius 1 is 0.821 bits per heavy atom. The number of hydrogen-bond donors (Lipinski definition) is 2. The lowest BCUT2D eigenvalue weighted by atomic mass is 10.1. The fraction of sp³-hybridized carbons (Fsp3) is 0.318. The molecular weight excluding hydrogens is 354 g/mol. The quantitative estimate of drug-likeness (QED) is 0.721. The highest BCUT2D eigenvalue weighted by Crippen LogP contribution is 2.17. The number of benzene rings is 2. The minimum absolute atomic E-state index is 0.0639. The number of carbonyl (C=O) groups is 3. The van der Waals surface area contributed by atoms with E-state index in [2.05, 4.69) is 10.6 Å². The molecule has 0 bridgehead atoms. The number of carbonyl (C=O) groups excluding carboxylic acids is 3. The van der Waals surface area contributed by atoms with Gasteiger partial charge in [0.05, 0.1) is 0 Å². The third-order valence-electron chi connectivity index (χ3n) is 4.09. The summed E-state index contributed by atoms with van der Waals surface area (Å²) in [5.41, 5.74) is 2.07. The van der Waals surface area contributed by atoms with Gasteiger partial charge in [-0.25, -0.2) is 0 Å². The van der Waals surface area contributed by atoms with Crippen molar-refractivity contribution in [3.8, 4) is 0 Å². The molecule has 2 N–H and O–H groups in total. The molecule has 0 aromatic heterocycles. The van der Waals surface area contributed by atoms with E-state index in [9.17, 15) is 14.4 Å². The topological polar surface area (TPSA) is 78.5 Å². The van der Waals surface area contributed by atoms with Crippen LogP contribution in [0.4, 0.5) is 11.4 Å². The van der Waals surface area contributed by atoms with Gasteiger partial charge in [-0.15, -0.1) is 0 Å². The van der Waals surface area contributed by atoms with E-state index in [-0.39, 0.29) is 17.7 Å². The number of amides is 3. The molecule has 6 nitrogen and oxygen atoms in total. The number of nitrogens with zero attached hydrogens (tertiary/aromatic N) is 1. The van der Waals surface area contributed by atoms with Gasteiger partial charge in [-0.2, -0.15) is 0 Å². The first-order valence-electron chi connectivity index (χ1n) is 9.53. The highest BCUT2D eigenvalue weighted by Gasteiger charge is 2.16. The Kier molecular flexibility index (Phi) is 7.75. The molecule has 0 fully saturated rings. The second kappa shape index (κ2) is 10.3. The Hall–Kier alpha value is -3.15. The van der Waals surface area contributed by atoms with Crippen LogP contribution in [0, 0.1) is 0 Å². The monoisotopic (exact) mass is 381 g/mol. The standard InChI is InChI=1S/C22H27N3O3/c1-4-12-25(13-5-2)22(28)18-9-6-8-17(14-18)21(27)24-20-11-7-10-19(15-20)23-16(3)26/h6-11,14-15H,4-5,12-13H2,1-3H3,(H,23,26)(H,24,27). The lowest BCUT2D eigenvalue weighted by Gasteiger charge is -2.21. The van der Waals surface area contributed by atoms with Crippen LogP contribution in [0.5, 0.6) is 0 Å². The first kappa shape index (κ1) is 21.2. The molecule has 0 spiro atoms. The molecular formula is C22H27N3O3. The van der Waals surface area contributed by atoms with Crippen LogP contribution in [0.2, 0.25) is 0 Å². The maximum absolute atomic E-state index is 12.8. The first-order valence-corrected chi connectivity index (χ1v) is 9.53. The van der Waals surface area contributed by atoms with Crippen molar-refractivity contribution in [2.75, 3.05) is 23.7 Å². The van der Waals surface area contributed by atoms with Gasteiger partial charge < -0.3 is 15.5 Å². The van der Waals surface area contributed by atoms with E-state index in [4.69, 9.17) is 0 Å². The van der Waals surface area contributed by atoms with E-state index in [1.54, 1.807) is 48.5 Å². The zero-order valence-electron chi connectivity index (χ0n) is 16.6. The minimum Gasteiger partial charge on any atom is -0.339 e.